The molecule has 7 heteroatoms. The number of ether oxygens (including phenoxy) is 1. The van der Waals surface area contributed by atoms with Crippen molar-refractivity contribution in [2.45, 2.75) is 26.1 Å². The number of halogens is 3. The predicted molar refractivity (Wildman–Crippen MR) is 66.4 cm³/mol. The summed E-state index contributed by atoms with van der Waals surface area (Å²) in [6, 6.07) is 4.97. The van der Waals surface area contributed by atoms with E-state index in [1.807, 2.05) is 6.92 Å². The van der Waals surface area contributed by atoms with Gasteiger partial charge in [0.1, 0.15) is 12.3 Å². The SMILES string of the molecule is Cc1ccc(OCC(=O)NCC(F)(F)F)c(C(C)O)c1. The van der Waals surface area contributed by atoms with Gasteiger partial charge >= 0.3 is 6.18 Å². The lowest BCUT2D eigenvalue weighted by Gasteiger charge is -2.14. The Morgan fingerprint density at radius 2 is 2.10 bits per heavy atom. The van der Waals surface area contributed by atoms with E-state index in [2.05, 4.69) is 0 Å². The van der Waals surface area contributed by atoms with Crippen LogP contribution in [-0.4, -0.2) is 30.3 Å². The van der Waals surface area contributed by atoms with Crippen LogP contribution in [0.2, 0.25) is 0 Å². The first kappa shape index (κ1) is 16.3. The number of nitrogens with one attached hydrogen (secondary N) is 1. The normalized spacial score (nSPS) is 12.9. The molecule has 4 nitrogen and oxygen atoms in total. The van der Waals surface area contributed by atoms with Crippen molar-refractivity contribution < 1.29 is 27.8 Å². The van der Waals surface area contributed by atoms with Crippen LogP contribution in [0.25, 0.3) is 0 Å². The Hall–Kier alpha value is -1.76. The Morgan fingerprint density at radius 1 is 1.45 bits per heavy atom. The van der Waals surface area contributed by atoms with Crippen LogP contribution in [0.5, 0.6) is 5.75 Å². The first-order valence-electron chi connectivity index (χ1n) is 5.94. The van der Waals surface area contributed by atoms with Crippen LogP contribution in [-0.2, 0) is 4.79 Å². The van der Waals surface area contributed by atoms with Crippen molar-refractivity contribution in [1.29, 1.82) is 0 Å². The highest BCUT2D eigenvalue weighted by Gasteiger charge is 2.27. The van der Waals surface area contributed by atoms with Crippen molar-refractivity contribution in [2.24, 2.45) is 0 Å². The molecule has 0 saturated carbocycles. The van der Waals surface area contributed by atoms with Gasteiger partial charge in [0, 0.05) is 5.56 Å². The van der Waals surface area contributed by atoms with Crippen molar-refractivity contribution in [3.63, 3.8) is 0 Å². The largest absolute Gasteiger partial charge is 0.483 e. The highest BCUT2D eigenvalue weighted by Crippen LogP contribution is 2.26. The lowest BCUT2D eigenvalue weighted by Crippen LogP contribution is -2.36. The molecule has 0 heterocycles. The molecule has 0 bridgehead atoms. The first-order chi connectivity index (χ1) is 9.19. The summed E-state index contributed by atoms with van der Waals surface area (Å²) in [6.07, 6.45) is -5.26. The number of hydrogen-bond acceptors (Lipinski definition) is 3. The molecule has 0 aliphatic carbocycles. The van der Waals surface area contributed by atoms with Gasteiger partial charge in [-0.3, -0.25) is 4.79 Å². The lowest BCUT2D eigenvalue weighted by atomic mass is 10.1. The topological polar surface area (TPSA) is 58.6 Å². The van der Waals surface area contributed by atoms with Crippen LogP contribution in [0, 0.1) is 6.92 Å². The smallest absolute Gasteiger partial charge is 0.405 e. The predicted octanol–water partition coefficient (Wildman–Crippen LogP) is 2.11. The average Bonchev–Trinajstić information content (AvgIpc) is 2.33. The van der Waals surface area contributed by atoms with E-state index in [1.54, 1.807) is 23.5 Å². The molecule has 1 amide bonds. The van der Waals surface area contributed by atoms with Crippen LogP contribution in [0.4, 0.5) is 13.2 Å². The zero-order valence-electron chi connectivity index (χ0n) is 11.1. The molecule has 0 saturated heterocycles. The summed E-state index contributed by atoms with van der Waals surface area (Å²) in [5, 5.41) is 11.3. The van der Waals surface area contributed by atoms with E-state index in [4.69, 9.17) is 4.74 Å². The molecule has 20 heavy (non-hydrogen) atoms. The first-order valence-corrected chi connectivity index (χ1v) is 5.94. The third-order valence-electron chi connectivity index (χ3n) is 2.46. The molecule has 1 aromatic carbocycles. The van der Waals surface area contributed by atoms with Crippen LogP contribution < -0.4 is 10.1 Å². The van der Waals surface area contributed by atoms with E-state index in [-0.39, 0.29) is 5.75 Å². The summed E-state index contributed by atoms with van der Waals surface area (Å²) in [5.41, 5.74) is 1.38. The molecule has 0 aliphatic rings. The number of carbonyl (C=O) groups excluding carboxylic acids is 1. The second kappa shape index (κ2) is 6.60. The molecule has 1 atom stereocenters. The Morgan fingerprint density at radius 3 is 2.65 bits per heavy atom. The van der Waals surface area contributed by atoms with Crippen molar-refractivity contribution in [3.8, 4) is 5.75 Å². The van der Waals surface area contributed by atoms with E-state index >= 15 is 0 Å². The Kier molecular flexibility index (Phi) is 5.38. The second-order valence-electron chi connectivity index (χ2n) is 4.40. The quantitative estimate of drug-likeness (QED) is 0.873. The van der Waals surface area contributed by atoms with Gasteiger partial charge in [-0.1, -0.05) is 11.6 Å². The third kappa shape index (κ3) is 5.48. The molecule has 1 aromatic rings. The lowest BCUT2D eigenvalue weighted by molar-refractivity contribution is -0.139. The maximum atomic E-state index is 11.9. The third-order valence-corrected chi connectivity index (χ3v) is 2.46. The van der Waals surface area contributed by atoms with Gasteiger partial charge in [0.15, 0.2) is 6.61 Å². The Labute approximate surface area is 114 Å². The Bertz CT molecular complexity index is 472. The number of amides is 1. The van der Waals surface area contributed by atoms with Gasteiger partial charge in [-0.05, 0) is 26.0 Å². The van der Waals surface area contributed by atoms with Gasteiger partial charge in [0.05, 0.1) is 6.10 Å². The summed E-state index contributed by atoms with van der Waals surface area (Å²) < 4.78 is 40.9. The zero-order valence-corrected chi connectivity index (χ0v) is 11.1. The summed E-state index contributed by atoms with van der Waals surface area (Å²) in [6.45, 7) is 1.42. The maximum Gasteiger partial charge on any atom is 0.405 e. The number of hydrogen-bond donors (Lipinski definition) is 2. The minimum absolute atomic E-state index is 0.271. The van der Waals surface area contributed by atoms with E-state index in [0.717, 1.165) is 5.56 Å². The molecule has 2 N–H and O–H groups in total. The van der Waals surface area contributed by atoms with Crippen molar-refractivity contribution in [2.75, 3.05) is 13.2 Å². The maximum absolute atomic E-state index is 11.9. The number of aliphatic hydroxyl groups excluding tert-OH is 1. The summed E-state index contributed by atoms with van der Waals surface area (Å²) in [5.74, 6) is -0.604. The van der Waals surface area contributed by atoms with Gasteiger partial charge in [-0.2, -0.15) is 13.2 Å². The Balaban J connectivity index is 2.59. The zero-order chi connectivity index (χ0) is 15.3. The van der Waals surface area contributed by atoms with Gasteiger partial charge < -0.3 is 15.2 Å². The summed E-state index contributed by atoms with van der Waals surface area (Å²) in [4.78, 5) is 11.2. The van der Waals surface area contributed by atoms with E-state index < -0.39 is 31.3 Å². The van der Waals surface area contributed by atoms with Crippen LogP contribution in [0.3, 0.4) is 0 Å². The molecule has 1 unspecified atom stereocenters. The minimum Gasteiger partial charge on any atom is -0.483 e. The van der Waals surface area contributed by atoms with Crippen LogP contribution in [0.1, 0.15) is 24.2 Å². The molecule has 0 spiro atoms. The number of carbonyl (C=O) groups is 1. The number of benzene rings is 1. The number of aryl methyl sites for hydroxylation is 1. The highest BCUT2D eigenvalue weighted by molar-refractivity contribution is 5.77. The molecule has 112 valence electrons. The van der Waals surface area contributed by atoms with Crippen molar-refractivity contribution in [1.82, 2.24) is 5.32 Å². The molecule has 0 radical (unpaired) electrons. The van der Waals surface area contributed by atoms with Gasteiger partial charge in [-0.25, -0.2) is 0 Å². The molecule has 1 rings (SSSR count). The average molecular weight is 291 g/mol. The van der Waals surface area contributed by atoms with E-state index in [9.17, 15) is 23.1 Å². The molecule has 0 aliphatic heterocycles. The molecular formula is C13H16F3NO3. The monoisotopic (exact) mass is 291 g/mol. The van der Waals surface area contributed by atoms with Gasteiger partial charge in [0.25, 0.3) is 5.91 Å². The summed E-state index contributed by atoms with van der Waals surface area (Å²) in [7, 11) is 0. The fraction of sp³-hybridized carbons (Fsp3) is 0.462. The standard InChI is InChI=1S/C13H16F3NO3/c1-8-3-4-11(10(5-8)9(2)18)20-6-12(19)17-7-13(14,15)16/h3-5,9,18H,6-7H2,1-2H3,(H,17,19). The molecular weight excluding hydrogens is 275 g/mol. The number of rotatable bonds is 5. The van der Waals surface area contributed by atoms with E-state index in [1.165, 1.54) is 6.92 Å². The molecule has 0 aromatic heterocycles. The fourth-order valence-electron chi connectivity index (χ4n) is 1.52. The highest BCUT2D eigenvalue weighted by atomic mass is 19.4. The van der Waals surface area contributed by atoms with E-state index in [0.29, 0.717) is 5.56 Å². The van der Waals surface area contributed by atoms with Crippen LogP contribution >= 0.6 is 0 Å². The summed E-state index contributed by atoms with van der Waals surface area (Å²) >= 11 is 0. The van der Waals surface area contributed by atoms with Crippen LogP contribution in [0.15, 0.2) is 18.2 Å². The second-order valence-corrected chi connectivity index (χ2v) is 4.40. The number of alkyl halides is 3. The fourth-order valence-corrected chi connectivity index (χ4v) is 1.52. The van der Waals surface area contributed by atoms with Gasteiger partial charge in [-0.15, -0.1) is 0 Å². The minimum atomic E-state index is -4.45. The molecule has 0 fully saturated rings. The van der Waals surface area contributed by atoms with Crippen molar-refractivity contribution >= 4 is 5.91 Å². The van der Waals surface area contributed by atoms with Crippen molar-refractivity contribution in [3.05, 3.63) is 29.3 Å². The van der Waals surface area contributed by atoms with Gasteiger partial charge in [0.2, 0.25) is 0 Å². The number of aliphatic hydroxyl groups is 1.